The number of aliphatic imine (C=N–C) groups is 1. The van der Waals surface area contributed by atoms with E-state index >= 15 is 0 Å². The molecule has 31 heavy (non-hydrogen) atoms. The van der Waals surface area contributed by atoms with E-state index in [2.05, 4.69) is 12.2 Å². The molecule has 1 spiro atoms. The van der Waals surface area contributed by atoms with Crippen LogP contribution in [0.25, 0.3) is 0 Å². The molecule has 0 atom stereocenters. The van der Waals surface area contributed by atoms with Gasteiger partial charge in [0.25, 0.3) is 5.91 Å². The summed E-state index contributed by atoms with van der Waals surface area (Å²) in [7, 11) is 0. The lowest BCUT2D eigenvalue weighted by Crippen LogP contribution is -2.51. The van der Waals surface area contributed by atoms with E-state index in [1.807, 2.05) is 55.5 Å². The fraction of sp³-hybridized carbons (Fsp3) is 0.400. The summed E-state index contributed by atoms with van der Waals surface area (Å²) in [5, 5.41) is 2.92. The van der Waals surface area contributed by atoms with Crippen LogP contribution in [0.2, 0.25) is 0 Å². The molecule has 1 heterocycles. The van der Waals surface area contributed by atoms with Crippen molar-refractivity contribution in [3.8, 4) is 5.75 Å². The van der Waals surface area contributed by atoms with Gasteiger partial charge in [-0.05, 0) is 50.7 Å². The second kappa shape index (κ2) is 8.92. The molecule has 2 amide bonds. The zero-order chi connectivity index (χ0) is 21.8. The van der Waals surface area contributed by atoms with Gasteiger partial charge in [-0.2, -0.15) is 0 Å². The molecule has 0 saturated heterocycles. The standard InChI is InChI=1S/C25H29N3O3/c1-3-31-21-12-8-7-11-20(21)26-22(29)17-28-24(30)23(19-9-5-4-6-10-19)27-25(28)15-13-18(2)14-16-25/h4-12,18H,3,13-17H2,1-2H3,(H,26,29). The third-order valence-electron chi connectivity index (χ3n) is 6.16. The Bertz CT molecular complexity index is 979. The normalized spacial score (nSPS) is 23.0. The zero-order valence-electron chi connectivity index (χ0n) is 18.1. The van der Waals surface area contributed by atoms with E-state index in [1.54, 1.807) is 11.0 Å². The first-order valence-corrected chi connectivity index (χ1v) is 11.0. The van der Waals surface area contributed by atoms with Gasteiger partial charge in [-0.25, -0.2) is 0 Å². The van der Waals surface area contributed by atoms with Gasteiger partial charge >= 0.3 is 0 Å². The summed E-state index contributed by atoms with van der Waals surface area (Å²) in [6.07, 6.45) is 3.53. The number of para-hydroxylation sites is 2. The molecular formula is C25H29N3O3. The minimum absolute atomic E-state index is 0.0342. The maximum absolute atomic E-state index is 13.4. The van der Waals surface area contributed by atoms with Gasteiger partial charge in [0, 0.05) is 5.56 Å². The number of benzene rings is 2. The monoisotopic (exact) mass is 419 g/mol. The van der Waals surface area contributed by atoms with Crippen LogP contribution in [-0.2, 0) is 9.59 Å². The number of ether oxygens (including phenoxy) is 1. The quantitative estimate of drug-likeness (QED) is 0.760. The number of rotatable bonds is 6. The van der Waals surface area contributed by atoms with Crippen molar-refractivity contribution in [1.82, 2.24) is 4.90 Å². The number of anilines is 1. The fourth-order valence-corrected chi connectivity index (χ4v) is 4.43. The number of nitrogens with zero attached hydrogens (tertiary/aromatic N) is 2. The second-order valence-electron chi connectivity index (χ2n) is 8.36. The number of carbonyl (C=O) groups excluding carboxylic acids is 2. The van der Waals surface area contributed by atoms with Crippen molar-refractivity contribution in [1.29, 1.82) is 0 Å². The highest BCUT2D eigenvalue weighted by Crippen LogP contribution is 2.41. The lowest BCUT2D eigenvalue weighted by molar-refractivity contribution is -0.134. The Balaban J connectivity index is 1.57. The SMILES string of the molecule is CCOc1ccccc1NC(=O)CN1C(=O)C(c2ccccc2)=NC12CCC(C)CC2. The Hall–Kier alpha value is -3.15. The van der Waals surface area contributed by atoms with Gasteiger partial charge in [-0.15, -0.1) is 0 Å². The van der Waals surface area contributed by atoms with Crippen molar-refractivity contribution >= 4 is 23.2 Å². The lowest BCUT2D eigenvalue weighted by Gasteiger charge is -2.40. The van der Waals surface area contributed by atoms with Gasteiger partial charge in [0.1, 0.15) is 23.7 Å². The van der Waals surface area contributed by atoms with Gasteiger partial charge < -0.3 is 15.0 Å². The first kappa shape index (κ1) is 21.1. The Kier molecular flexibility index (Phi) is 6.07. The Morgan fingerprint density at radius 1 is 1.13 bits per heavy atom. The molecule has 0 unspecified atom stereocenters. The van der Waals surface area contributed by atoms with E-state index in [0.717, 1.165) is 31.2 Å². The van der Waals surface area contributed by atoms with Gasteiger partial charge in [0.15, 0.2) is 0 Å². The molecule has 0 bridgehead atoms. The molecule has 4 rings (SSSR count). The van der Waals surface area contributed by atoms with Crippen LogP contribution < -0.4 is 10.1 Å². The van der Waals surface area contributed by atoms with Crippen molar-refractivity contribution < 1.29 is 14.3 Å². The summed E-state index contributed by atoms with van der Waals surface area (Å²) >= 11 is 0. The highest BCUT2D eigenvalue weighted by molar-refractivity contribution is 6.47. The Morgan fingerprint density at radius 3 is 2.52 bits per heavy atom. The molecule has 1 fully saturated rings. The number of hydrogen-bond donors (Lipinski definition) is 1. The summed E-state index contributed by atoms with van der Waals surface area (Å²) < 4.78 is 5.61. The lowest BCUT2D eigenvalue weighted by atomic mass is 9.82. The number of amides is 2. The van der Waals surface area contributed by atoms with Crippen LogP contribution in [0.4, 0.5) is 5.69 Å². The van der Waals surface area contributed by atoms with Crippen LogP contribution in [0.1, 0.15) is 45.1 Å². The molecule has 2 aromatic carbocycles. The van der Waals surface area contributed by atoms with E-state index < -0.39 is 5.66 Å². The topological polar surface area (TPSA) is 71.0 Å². The summed E-state index contributed by atoms with van der Waals surface area (Å²) in [5.41, 5.74) is 1.23. The van der Waals surface area contributed by atoms with Crippen LogP contribution in [0, 0.1) is 5.92 Å². The molecule has 0 radical (unpaired) electrons. The molecule has 1 N–H and O–H groups in total. The summed E-state index contributed by atoms with van der Waals surface area (Å²) in [6.45, 7) is 4.60. The van der Waals surface area contributed by atoms with Crippen molar-refractivity contribution in [2.75, 3.05) is 18.5 Å². The molecule has 6 nitrogen and oxygen atoms in total. The minimum Gasteiger partial charge on any atom is -0.492 e. The van der Waals surface area contributed by atoms with Crippen molar-refractivity contribution in [2.24, 2.45) is 10.9 Å². The predicted molar refractivity (Wildman–Crippen MR) is 121 cm³/mol. The van der Waals surface area contributed by atoms with Gasteiger partial charge in [-0.1, -0.05) is 49.4 Å². The number of nitrogens with one attached hydrogen (secondary N) is 1. The van der Waals surface area contributed by atoms with Crippen molar-refractivity contribution in [2.45, 2.75) is 45.2 Å². The smallest absolute Gasteiger partial charge is 0.275 e. The van der Waals surface area contributed by atoms with Crippen molar-refractivity contribution in [3.05, 3.63) is 60.2 Å². The third kappa shape index (κ3) is 4.33. The van der Waals surface area contributed by atoms with Crippen LogP contribution in [-0.4, -0.2) is 41.2 Å². The van der Waals surface area contributed by atoms with Crippen molar-refractivity contribution in [3.63, 3.8) is 0 Å². The maximum Gasteiger partial charge on any atom is 0.275 e. The van der Waals surface area contributed by atoms with Crippen LogP contribution in [0.5, 0.6) is 5.75 Å². The van der Waals surface area contributed by atoms with E-state index in [4.69, 9.17) is 9.73 Å². The first-order valence-electron chi connectivity index (χ1n) is 11.0. The van der Waals surface area contributed by atoms with E-state index in [-0.39, 0.29) is 18.4 Å². The third-order valence-corrected chi connectivity index (χ3v) is 6.16. The average molecular weight is 420 g/mol. The molecule has 162 valence electrons. The molecule has 0 aromatic heterocycles. The molecule has 1 aliphatic heterocycles. The summed E-state index contributed by atoms with van der Waals surface area (Å²) in [4.78, 5) is 33.0. The molecular weight excluding hydrogens is 390 g/mol. The largest absolute Gasteiger partial charge is 0.492 e. The van der Waals surface area contributed by atoms with Gasteiger partial charge in [-0.3, -0.25) is 14.6 Å². The second-order valence-corrected chi connectivity index (χ2v) is 8.36. The molecule has 2 aromatic rings. The van der Waals surface area contributed by atoms with Crippen LogP contribution in [0.15, 0.2) is 59.6 Å². The first-order chi connectivity index (χ1) is 15.0. The van der Waals surface area contributed by atoms with Gasteiger partial charge in [0.2, 0.25) is 5.91 Å². The van der Waals surface area contributed by atoms with E-state index in [0.29, 0.717) is 29.7 Å². The molecule has 1 aliphatic carbocycles. The summed E-state index contributed by atoms with van der Waals surface area (Å²) in [6, 6.07) is 16.9. The maximum atomic E-state index is 13.4. The van der Waals surface area contributed by atoms with Crippen LogP contribution in [0.3, 0.4) is 0 Å². The zero-order valence-corrected chi connectivity index (χ0v) is 18.1. The molecule has 1 saturated carbocycles. The molecule has 6 heteroatoms. The van der Waals surface area contributed by atoms with E-state index in [9.17, 15) is 9.59 Å². The highest BCUT2D eigenvalue weighted by atomic mass is 16.5. The van der Waals surface area contributed by atoms with Crippen LogP contribution >= 0.6 is 0 Å². The van der Waals surface area contributed by atoms with E-state index in [1.165, 1.54) is 0 Å². The minimum atomic E-state index is -0.633. The Morgan fingerprint density at radius 2 is 1.81 bits per heavy atom. The fourth-order valence-electron chi connectivity index (χ4n) is 4.43. The Labute approximate surface area is 183 Å². The summed E-state index contributed by atoms with van der Waals surface area (Å²) in [5.74, 6) is 0.802. The molecule has 2 aliphatic rings. The number of carbonyl (C=O) groups is 2. The average Bonchev–Trinajstić information content (AvgIpc) is 3.04. The number of hydrogen-bond acceptors (Lipinski definition) is 4. The predicted octanol–water partition coefficient (Wildman–Crippen LogP) is 4.26. The highest BCUT2D eigenvalue weighted by Gasteiger charge is 2.49. The van der Waals surface area contributed by atoms with Gasteiger partial charge in [0.05, 0.1) is 12.3 Å².